The first-order valence-electron chi connectivity index (χ1n) is 5.28. The second kappa shape index (κ2) is 6.10. The van der Waals surface area contributed by atoms with Gasteiger partial charge >= 0.3 is 0 Å². The van der Waals surface area contributed by atoms with E-state index < -0.39 is 0 Å². The van der Waals surface area contributed by atoms with E-state index in [1.54, 1.807) is 0 Å². The Bertz CT molecular complexity index is 365. The molecule has 1 heterocycles. The highest BCUT2D eigenvalue weighted by Crippen LogP contribution is 2.20. The average Bonchev–Trinajstić information content (AvgIpc) is 2.30. The van der Waals surface area contributed by atoms with E-state index in [1.165, 1.54) is 5.69 Å². The van der Waals surface area contributed by atoms with Gasteiger partial charge < -0.3 is 21.1 Å². The minimum atomic E-state index is 0. The molecular weight excluding hydrogens is 216 g/mol. The van der Waals surface area contributed by atoms with Crippen LogP contribution in [-0.4, -0.2) is 32.3 Å². The molecular formula is C12H20N4O. The normalized spacial score (nSPS) is 14.9. The Kier molecular flexibility index (Phi) is 4.78. The second-order valence-corrected chi connectivity index (χ2v) is 3.65. The summed E-state index contributed by atoms with van der Waals surface area (Å²) in [6.45, 7) is 3.44. The monoisotopic (exact) mass is 236 g/mol. The van der Waals surface area contributed by atoms with Gasteiger partial charge in [-0.1, -0.05) is 7.43 Å². The van der Waals surface area contributed by atoms with Crippen LogP contribution in [0.5, 0.6) is 0 Å². The molecule has 2 rings (SSSR count). The van der Waals surface area contributed by atoms with Gasteiger partial charge in [-0.15, -0.1) is 0 Å². The number of anilines is 1. The summed E-state index contributed by atoms with van der Waals surface area (Å²) in [5, 5.41) is 0. The number of benzene rings is 1. The highest BCUT2D eigenvalue weighted by Gasteiger charge is 2.10. The molecule has 4 N–H and O–H groups in total. The molecule has 0 bridgehead atoms. The number of morpholine rings is 1. The number of hydrogen-bond acceptors (Lipinski definition) is 3. The molecule has 0 atom stereocenters. The fourth-order valence-corrected chi connectivity index (χ4v) is 1.71. The fourth-order valence-electron chi connectivity index (χ4n) is 1.71. The van der Waals surface area contributed by atoms with E-state index in [-0.39, 0.29) is 13.4 Å². The zero-order valence-electron chi connectivity index (χ0n) is 9.10. The van der Waals surface area contributed by atoms with Gasteiger partial charge in [-0.05, 0) is 24.3 Å². The van der Waals surface area contributed by atoms with Crippen LogP contribution in [0.4, 0.5) is 11.4 Å². The molecule has 1 fully saturated rings. The number of guanidine groups is 1. The molecule has 1 aliphatic rings. The number of ether oxygens (including phenoxy) is 1. The van der Waals surface area contributed by atoms with Gasteiger partial charge in [0.25, 0.3) is 0 Å². The first-order valence-corrected chi connectivity index (χ1v) is 5.28. The summed E-state index contributed by atoms with van der Waals surface area (Å²) in [6.07, 6.45) is 0. The molecule has 0 radical (unpaired) electrons. The van der Waals surface area contributed by atoms with Crippen LogP contribution < -0.4 is 16.4 Å². The molecule has 1 aromatic carbocycles. The van der Waals surface area contributed by atoms with Gasteiger partial charge in [-0.3, -0.25) is 0 Å². The Morgan fingerprint density at radius 1 is 1.12 bits per heavy atom. The van der Waals surface area contributed by atoms with E-state index in [0.717, 1.165) is 32.0 Å². The Labute approximate surface area is 102 Å². The summed E-state index contributed by atoms with van der Waals surface area (Å²) < 4.78 is 5.30. The van der Waals surface area contributed by atoms with Crippen molar-refractivity contribution >= 4 is 17.3 Å². The molecule has 5 heteroatoms. The predicted octanol–water partition coefficient (Wildman–Crippen LogP) is 1.06. The van der Waals surface area contributed by atoms with Gasteiger partial charge in [0.1, 0.15) is 0 Å². The zero-order valence-corrected chi connectivity index (χ0v) is 9.10. The maximum atomic E-state index is 5.31. The van der Waals surface area contributed by atoms with Crippen LogP contribution in [0.2, 0.25) is 0 Å². The van der Waals surface area contributed by atoms with E-state index in [4.69, 9.17) is 16.2 Å². The minimum absolute atomic E-state index is 0. The highest BCUT2D eigenvalue weighted by atomic mass is 16.5. The third-order valence-electron chi connectivity index (χ3n) is 2.48. The molecule has 0 saturated carbocycles. The lowest BCUT2D eigenvalue weighted by Crippen LogP contribution is -2.36. The maximum Gasteiger partial charge on any atom is 0.191 e. The number of aliphatic imine (C=N–C) groups is 1. The minimum Gasteiger partial charge on any atom is -0.378 e. The summed E-state index contributed by atoms with van der Waals surface area (Å²) in [6, 6.07) is 7.86. The standard InChI is InChI=1S/C11H16N4O.CH4/c12-11(13)14-9-1-3-10(4-2-9)15-5-7-16-8-6-15;/h1-4H,5-8H2,(H4,12,13,14);1H4. The van der Waals surface area contributed by atoms with Crippen molar-refractivity contribution in [2.75, 3.05) is 31.2 Å². The van der Waals surface area contributed by atoms with Crippen molar-refractivity contribution in [3.8, 4) is 0 Å². The predicted molar refractivity (Wildman–Crippen MR) is 71.7 cm³/mol. The molecule has 0 aromatic heterocycles. The van der Waals surface area contributed by atoms with Crippen molar-refractivity contribution in [1.82, 2.24) is 0 Å². The molecule has 1 saturated heterocycles. The molecule has 94 valence electrons. The fraction of sp³-hybridized carbons (Fsp3) is 0.417. The maximum absolute atomic E-state index is 5.31. The Morgan fingerprint density at radius 3 is 2.24 bits per heavy atom. The van der Waals surface area contributed by atoms with Gasteiger partial charge in [0.15, 0.2) is 5.96 Å². The van der Waals surface area contributed by atoms with E-state index in [1.807, 2.05) is 24.3 Å². The number of nitrogens with two attached hydrogens (primary N) is 2. The third-order valence-corrected chi connectivity index (χ3v) is 2.48. The molecule has 0 spiro atoms. The van der Waals surface area contributed by atoms with Gasteiger partial charge in [-0.2, -0.15) is 0 Å². The largest absolute Gasteiger partial charge is 0.378 e. The molecule has 0 aliphatic carbocycles. The van der Waals surface area contributed by atoms with Crippen molar-refractivity contribution in [1.29, 1.82) is 0 Å². The summed E-state index contributed by atoms with van der Waals surface area (Å²) >= 11 is 0. The van der Waals surface area contributed by atoms with E-state index in [2.05, 4.69) is 9.89 Å². The van der Waals surface area contributed by atoms with Crippen molar-refractivity contribution in [2.24, 2.45) is 16.5 Å². The van der Waals surface area contributed by atoms with Crippen molar-refractivity contribution < 1.29 is 4.74 Å². The number of nitrogens with zero attached hydrogens (tertiary/aromatic N) is 2. The van der Waals surface area contributed by atoms with Crippen molar-refractivity contribution in [3.05, 3.63) is 24.3 Å². The van der Waals surface area contributed by atoms with Crippen molar-refractivity contribution in [3.63, 3.8) is 0 Å². The van der Waals surface area contributed by atoms with Gasteiger partial charge in [0.2, 0.25) is 0 Å². The Hall–Kier alpha value is -1.75. The van der Waals surface area contributed by atoms with Crippen LogP contribution in [-0.2, 0) is 4.74 Å². The molecule has 5 nitrogen and oxygen atoms in total. The third kappa shape index (κ3) is 3.64. The van der Waals surface area contributed by atoms with Crippen molar-refractivity contribution in [2.45, 2.75) is 7.43 Å². The van der Waals surface area contributed by atoms with Gasteiger partial charge in [-0.25, -0.2) is 4.99 Å². The number of rotatable bonds is 2. The van der Waals surface area contributed by atoms with Crippen LogP contribution in [0.3, 0.4) is 0 Å². The van der Waals surface area contributed by atoms with Gasteiger partial charge in [0.05, 0.1) is 18.9 Å². The van der Waals surface area contributed by atoms with Gasteiger partial charge in [0, 0.05) is 18.8 Å². The number of hydrogen-bond donors (Lipinski definition) is 2. The molecule has 0 unspecified atom stereocenters. The average molecular weight is 236 g/mol. The van der Waals surface area contributed by atoms with E-state index in [9.17, 15) is 0 Å². The van der Waals surface area contributed by atoms with Crippen LogP contribution in [0.25, 0.3) is 0 Å². The highest BCUT2D eigenvalue weighted by molar-refractivity contribution is 5.79. The van der Waals surface area contributed by atoms with Crippen LogP contribution in [0.1, 0.15) is 7.43 Å². The molecule has 17 heavy (non-hydrogen) atoms. The SMILES string of the molecule is C.NC(N)=Nc1ccc(N2CCOCC2)cc1. The summed E-state index contributed by atoms with van der Waals surface area (Å²) in [5.74, 6) is 0.0825. The van der Waals surface area contributed by atoms with E-state index in [0.29, 0.717) is 0 Å². The lowest BCUT2D eigenvalue weighted by atomic mass is 10.2. The van der Waals surface area contributed by atoms with Crippen LogP contribution in [0, 0.1) is 0 Å². The van der Waals surface area contributed by atoms with Crippen LogP contribution >= 0.6 is 0 Å². The summed E-state index contributed by atoms with van der Waals surface area (Å²) in [7, 11) is 0. The Morgan fingerprint density at radius 2 is 1.71 bits per heavy atom. The topological polar surface area (TPSA) is 76.9 Å². The lowest BCUT2D eigenvalue weighted by Gasteiger charge is -2.28. The first-order chi connectivity index (χ1) is 7.75. The summed E-state index contributed by atoms with van der Waals surface area (Å²) in [4.78, 5) is 6.26. The quantitative estimate of drug-likeness (QED) is 0.594. The van der Waals surface area contributed by atoms with Crippen LogP contribution in [0.15, 0.2) is 29.3 Å². The molecule has 0 amide bonds. The first kappa shape index (κ1) is 13.3. The zero-order chi connectivity index (χ0) is 11.4. The lowest BCUT2D eigenvalue weighted by molar-refractivity contribution is 0.122. The Balaban J connectivity index is 0.00000144. The molecule has 1 aliphatic heterocycles. The summed E-state index contributed by atoms with van der Waals surface area (Å²) in [5.41, 5.74) is 12.6. The second-order valence-electron chi connectivity index (χ2n) is 3.65. The molecule has 1 aromatic rings. The smallest absolute Gasteiger partial charge is 0.191 e. The van der Waals surface area contributed by atoms with E-state index >= 15 is 0 Å².